The molecule has 0 radical (unpaired) electrons. The summed E-state index contributed by atoms with van der Waals surface area (Å²) < 4.78 is 36.9. The summed E-state index contributed by atoms with van der Waals surface area (Å²) in [5.74, 6) is 1.33. The van der Waals surface area contributed by atoms with Crippen LogP contribution < -0.4 is 14.8 Å². The average molecular weight is 380 g/mol. The Morgan fingerprint density at radius 2 is 2.15 bits per heavy atom. The van der Waals surface area contributed by atoms with Gasteiger partial charge in [0, 0.05) is 30.8 Å². The molecule has 1 aromatic carbocycles. The van der Waals surface area contributed by atoms with Crippen molar-refractivity contribution in [2.24, 2.45) is 11.3 Å². The Morgan fingerprint density at radius 3 is 2.96 bits per heavy atom. The zero-order valence-corrected chi connectivity index (χ0v) is 15.7. The van der Waals surface area contributed by atoms with E-state index in [4.69, 9.17) is 9.47 Å². The molecule has 1 saturated heterocycles. The summed E-state index contributed by atoms with van der Waals surface area (Å²) in [6, 6.07) is 5.32. The van der Waals surface area contributed by atoms with Gasteiger partial charge in [-0.1, -0.05) is 13.3 Å². The molecule has 142 valence electrons. The minimum atomic E-state index is -3.20. The normalized spacial score (nSPS) is 27.0. The van der Waals surface area contributed by atoms with Crippen molar-refractivity contribution in [1.29, 1.82) is 0 Å². The predicted molar refractivity (Wildman–Crippen MR) is 96.6 cm³/mol. The molecule has 1 aliphatic carbocycles. The smallest absolute Gasteiger partial charge is 0.231 e. The third-order valence-corrected chi connectivity index (χ3v) is 7.55. The van der Waals surface area contributed by atoms with E-state index >= 15 is 0 Å². The van der Waals surface area contributed by atoms with Crippen molar-refractivity contribution >= 4 is 21.6 Å². The summed E-state index contributed by atoms with van der Waals surface area (Å²) in [7, 11) is -3.20. The van der Waals surface area contributed by atoms with Crippen LogP contribution in [-0.2, 0) is 14.8 Å². The Kier molecular flexibility index (Phi) is 4.35. The largest absolute Gasteiger partial charge is 0.454 e. The van der Waals surface area contributed by atoms with E-state index in [0.29, 0.717) is 36.7 Å². The molecule has 0 aromatic heterocycles. The summed E-state index contributed by atoms with van der Waals surface area (Å²) in [6.45, 7) is 3.18. The van der Waals surface area contributed by atoms with Crippen molar-refractivity contribution in [1.82, 2.24) is 4.31 Å². The molecule has 2 atom stereocenters. The number of amides is 1. The lowest BCUT2D eigenvalue weighted by molar-refractivity contribution is -0.118. The van der Waals surface area contributed by atoms with E-state index in [1.807, 2.05) is 6.92 Å². The molecular weight excluding hydrogens is 356 g/mol. The van der Waals surface area contributed by atoms with Gasteiger partial charge in [-0.3, -0.25) is 4.79 Å². The number of hydrogen-bond donors (Lipinski definition) is 1. The summed E-state index contributed by atoms with van der Waals surface area (Å²) in [5.41, 5.74) is 0.492. The van der Waals surface area contributed by atoms with Crippen molar-refractivity contribution in [2.75, 3.05) is 31.0 Å². The van der Waals surface area contributed by atoms with Gasteiger partial charge in [0.05, 0.1) is 5.75 Å². The molecule has 2 aliphatic heterocycles. The third-order valence-electron chi connectivity index (χ3n) is 5.65. The van der Waals surface area contributed by atoms with E-state index in [9.17, 15) is 13.2 Å². The number of ether oxygens (including phenoxy) is 2. The van der Waals surface area contributed by atoms with E-state index in [-0.39, 0.29) is 29.8 Å². The van der Waals surface area contributed by atoms with Crippen LogP contribution in [0, 0.1) is 11.3 Å². The van der Waals surface area contributed by atoms with Gasteiger partial charge in [-0.15, -0.1) is 0 Å². The van der Waals surface area contributed by atoms with Crippen LogP contribution in [-0.4, -0.2) is 44.3 Å². The molecule has 1 spiro atoms. The van der Waals surface area contributed by atoms with Crippen LogP contribution in [0.5, 0.6) is 11.5 Å². The number of benzene rings is 1. The Bertz CT molecular complexity index is 825. The van der Waals surface area contributed by atoms with E-state index in [1.165, 1.54) is 0 Å². The summed E-state index contributed by atoms with van der Waals surface area (Å²) >= 11 is 0. The van der Waals surface area contributed by atoms with Crippen molar-refractivity contribution in [2.45, 2.75) is 32.6 Å². The molecule has 1 amide bonds. The monoisotopic (exact) mass is 380 g/mol. The lowest BCUT2D eigenvalue weighted by Crippen LogP contribution is -2.32. The van der Waals surface area contributed by atoms with Crippen molar-refractivity contribution in [3.8, 4) is 11.5 Å². The first-order chi connectivity index (χ1) is 12.4. The van der Waals surface area contributed by atoms with Crippen LogP contribution in [0.2, 0.25) is 0 Å². The first-order valence-corrected chi connectivity index (χ1v) is 10.7. The number of nitrogens with one attached hydrogen (secondary N) is 1. The highest BCUT2D eigenvalue weighted by atomic mass is 32.2. The molecule has 4 rings (SSSR count). The van der Waals surface area contributed by atoms with E-state index < -0.39 is 10.0 Å². The maximum Gasteiger partial charge on any atom is 0.231 e. The number of anilines is 1. The van der Waals surface area contributed by atoms with Crippen molar-refractivity contribution < 1.29 is 22.7 Å². The molecule has 8 heteroatoms. The van der Waals surface area contributed by atoms with Crippen LogP contribution in [0.4, 0.5) is 5.69 Å². The van der Waals surface area contributed by atoms with Crippen LogP contribution >= 0.6 is 0 Å². The Balaban J connectivity index is 1.37. The molecular formula is C18H24N2O5S. The number of fused-ring (bicyclic) bond motifs is 1. The highest BCUT2D eigenvalue weighted by Crippen LogP contribution is 2.59. The molecule has 2 fully saturated rings. The fourth-order valence-corrected chi connectivity index (χ4v) is 5.66. The fraction of sp³-hybridized carbons (Fsp3) is 0.611. The maximum absolute atomic E-state index is 12.6. The number of carbonyl (C=O) groups excluding carboxylic acids is 1. The molecule has 1 saturated carbocycles. The lowest BCUT2D eigenvalue weighted by atomic mass is 10.0. The first kappa shape index (κ1) is 17.6. The minimum absolute atomic E-state index is 0.0447. The molecule has 3 aliphatic rings. The lowest BCUT2D eigenvalue weighted by Gasteiger charge is -2.16. The van der Waals surface area contributed by atoms with Gasteiger partial charge in [0.25, 0.3) is 0 Å². The summed E-state index contributed by atoms with van der Waals surface area (Å²) in [5, 5.41) is 2.93. The quantitative estimate of drug-likeness (QED) is 0.818. The number of unbranched alkanes of at least 4 members (excludes halogenated alkanes) is 1. The molecule has 26 heavy (non-hydrogen) atoms. The van der Waals surface area contributed by atoms with E-state index in [0.717, 1.165) is 19.3 Å². The molecule has 1 aromatic rings. The topological polar surface area (TPSA) is 84.9 Å². The van der Waals surface area contributed by atoms with Crippen molar-refractivity contribution in [3.63, 3.8) is 0 Å². The second-order valence-electron chi connectivity index (χ2n) is 7.43. The molecule has 1 N–H and O–H groups in total. The van der Waals surface area contributed by atoms with Gasteiger partial charge in [0.2, 0.25) is 22.7 Å². The minimum Gasteiger partial charge on any atom is -0.454 e. The van der Waals surface area contributed by atoms with Crippen LogP contribution in [0.3, 0.4) is 0 Å². The Morgan fingerprint density at radius 1 is 1.35 bits per heavy atom. The van der Waals surface area contributed by atoms with Crippen LogP contribution in [0.25, 0.3) is 0 Å². The maximum atomic E-state index is 12.6. The second kappa shape index (κ2) is 6.42. The van der Waals surface area contributed by atoms with Gasteiger partial charge < -0.3 is 14.8 Å². The Hall–Kier alpha value is -1.80. The van der Waals surface area contributed by atoms with Crippen LogP contribution in [0.1, 0.15) is 32.6 Å². The fourth-order valence-electron chi connectivity index (χ4n) is 3.92. The summed E-state index contributed by atoms with van der Waals surface area (Å²) in [6.07, 6.45) is 3.05. The molecule has 7 nitrogen and oxygen atoms in total. The SMILES string of the molecule is CCCCS(=O)(=O)N1CC[C@@]2(C[C@H]2C(=O)Nc2ccc3c(c2)OCO3)C1. The van der Waals surface area contributed by atoms with Gasteiger partial charge in [-0.2, -0.15) is 0 Å². The number of sulfonamides is 1. The highest BCUT2D eigenvalue weighted by molar-refractivity contribution is 7.89. The second-order valence-corrected chi connectivity index (χ2v) is 9.52. The van der Waals surface area contributed by atoms with Gasteiger partial charge in [-0.25, -0.2) is 12.7 Å². The highest BCUT2D eigenvalue weighted by Gasteiger charge is 2.62. The van der Waals surface area contributed by atoms with Crippen LogP contribution in [0.15, 0.2) is 18.2 Å². The van der Waals surface area contributed by atoms with Gasteiger partial charge in [-0.05, 0) is 36.8 Å². The Labute approximate surface area is 153 Å². The van der Waals surface area contributed by atoms with Gasteiger partial charge in [0.1, 0.15) is 0 Å². The number of rotatable bonds is 6. The molecule has 2 heterocycles. The zero-order chi connectivity index (χ0) is 18.4. The standard InChI is InChI=1S/C18H24N2O5S/c1-2-3-8-26(22,23)20-7-6-18(11-20)10-14(18)17(21)19-13-4-5-15-16(9-13)25-12-24-15/h4-5,9,14H,2-3,6-8,10-12H2,1H3,(H,19,21)/t14-,18+/m0/s1. The molecule has 0 bridgehead atoms. The summed E-state index contributed by atoms with van der Waals surface area (Å²) in [4.78, 5) is 12.6. The number of carbonyl (C=O) groups is 1. The first-order valence-electron chi connectivity index (χ1n) is 9.12. The van der Waals surface area contributed by atoms with Crippen molar-refractivity contribution in [3.05, 3.63) is 18.2 Å². The van der Waals surface area contributed by atoms with E-state index in [1.54, 1.807) is 22.5 Å². The average Bonchev–Trinajstić information content (AvgIpc) is 2.95. The third kappa shape index (κ3) is 3.16. The predicted octanol–water partition coefficient (Wildman–Crippen LogP) is 2.20. The van der Waals surface area contributed by atoms with Gasteiger partial charge >= 0.3 is 0 Å². The molecule has 0 unspecified atom stereocenters. The zero-order valence-electron chi connectivity index (χ0n) is 14.9. The van der Waals surface area contributed by atoms with E-state index in [2.05, 4.69) is 5.32 Å². The number of hydrogen-bond acceptors (Lipinski definition) is 5. The van der Waals surface area contributed by atoms with Gasteiger partial charge in [0.15, 0.2) is 11.5 Å². The number of nitrogens with zero attached hydrogens (tertiary/aromatic N) is 1.